The number of rotatable bonds is 7. The molecule has 2 aromatic carbocycles. The molecule has 1 aliphatic heterocycles. The second-order valence-corrected chi connectivity index (χ2v) is 6.23. The van der Waals surface area contributed by atoms with Crippen LogP contribution < -0.4 is 19.9 Å². The van der Waals surface area contributed by atoms with E-state index in [-0.39, 0.29) is 24.0 Å². The molecule has 9 heteroatoms. The minimum absolute atomic E-state index is 0.0785. The molecule has 2 N–H and O–H groups in total. The van der Waals surface area contributed by atoms with Crippen LogP contribution in [-0.2, 0) is 14.3 Å². The summed E-state index contributed by atoms with van der Waals surface area (Å²) in [6.45, 7) is -0.342. The summed E-state index contributed by atoms with van der Waals surface area (Å²) in [4.78, 5) is 27.5. The Labute approximate surface area is 171 Å². The Bertz CT molecular complexity index is 1010. The lowest BCUT2D eigenvalue weighted by molar-refractivity contribution is -0.130. The standard InChI is InChI=1S/C20H17ClN2O6/c1-26-15-8-11(9-16(27-2)18(15)28-10-17(22)24)7-14-20(25)29-19(23-14)12-5-3-4-6-13(12)21/h3-9H,10H2,1-2H3,(H2,22,24)/b14-7-. The molecular formula is C20H17ClN2O6. The number of nitrogens with two attached hydrogens (primary N) is 1. The largest absolute Gasteiger partial charge is 0.493 e. The highest BCUT2D eigenvalue weighted by atomic mass is 35.5. The highest BCUT2D eigenvalue weighted by molar-refractivity contribution is 6.34. The Morgan fingerprint density at radius 2 is 1.86 bits per heavy atom. The summed E-state index contributed by atoms with van der Waals surface area (Å²) in [6.07, 6.45) is 1.51. The minimum atomic E-state index is -0.643. The van der Waals surface area contributed by atoms with Crippen LogP contribution in [0.2, 0.25) is 5.02 Å². The van der Waals surface area contributed by atoms with E-state index in [2.05, 4.69) is 4.99 Å². The van der Waals surface area contributed by atoms with Gasteiger partial charge in [0.15, 0.2) is 23.8 Å². The van der Waals surface area contributed by atoms with Gasteiger partial charge in [0.25, 0.3) is 5.91 Å². The van der Waals surface area contributed by atoms with Gasteiger partial charge in [0.2, 0.25) is 11.6 Å². The Morgan fingerprint density at radius 1 is 1.21 bits per heavy atom. The minimum Gasteiger partial charge on any atom is -0.493 e. The van der Waals surface area contributed by atoms with Crippen molar-refractivity contribution in [3.8, 4) is 17.2 Å². The maximum absolute atomic E-state index is 12.2. The van der Waals surface area contributed by atoms with Crippen LogP contribution in [0.1, 0.15) is 11.1 Å². The first-order valence-corrected chi connectivity index (χ1v) is 8.75. The lowest BCUT2D eigenvalue weighted by atomic mass is 10.1. The van der Waals surface area contributed by atoms with Crippen LogP contribution in [0.5, 0.6) is 17.2 Å². The van der Waals surface area contributed by atoms with Crippen molar-refractivity contribution in [3.05, 3.63) is 58.2 Å². The maximum Gasteiger partial charge on any atom is 0.363 e. The van der Waals surface area contributed by atoms with Gasteiger partial charge in [0.05, 0.1) is 24.8 Å². The van der Waals surface area contributed by atoms with Crippen molar-refractivity contribution in [2.24, 2.45) is 10.7 Å². The van der Waals surface area contributed by atoms with Gasteiger partial charge < -0.3 is 24.7 Å². The fourth-order valence-corrected chi connectivity index (χ4v) is 2.80. The third-order valence-electron chi connectivity index (χ3n) is 3.87. The molecule has 1 amide bonds. The van der Waals surface area contributed by atoms with E-state index in [0.717, 1.165) is 0 Å². The van der Waals surface area contributed by atoms with Crippen molar-refractivity contribution in [3.63, 3.8) is 0 Å². The van der Waals surface area contributed by atoms with Crippen molar-refractivity contribution in [2.75, 3.05) is 20.8 Å². The molecule has 0 spiro atoms. The summed E-state index contributed by atoms with van der Waals surface area (Å²) < 4.78 is 21.2. The number of cyclic esters (lactones) is 1. The Balaban J connectivity index is 1.98. The molecular weight excluding hydrogens is 400 g/mol. The number of methoxy groups -OCH3 is 2. The monoisotopic (exact) mass is 416 g/mol. The van der Waals surface area contributed by atoms with Crippen LogP contribution in [0.15, 0.2) is 47.1 Å². The summed E-state index contributed by atoms with van der Waals surface area (Å²) in [5, 5.41) is 0.416. The predicted octanol–water partition coefficient (Wildman–Crippen LogP) is 2.57. The number of carbonyl (C=O) groups excluding carboxylic acids is 2. The van der Waals surface area contributed by atoms with Crippen molar-refractivity contribution < 1.29 is 28.5 Å². The number of carbonyl (C=O) groups is 2. The van der Waals surface area contributed by atoms with Crippen molar-refractivity contribution >= 4 is 35.5 Å². The van der Waals surface area contributed by atoms with Gasteiger partial charge in [-0.1, -0.05) is 23.7 Å². The fourth-order valence-electron chi connectivity index (χ4n) is 2.59. The fraction of sp³-hybridized carbons (Fsp3) is 0.150. The van der Waals surface area contributed by atoms with E-state index in [1.807, 2.05) is 0 Å². The van der Waals surface area contributed by atoms with Gasteiger partial charge in [-0.3, -0.25) is 4.79 Å². The van der Waals surface area contributed by atoms with Gasteiger partial charge in [-0.2, -0.15) is 0 Å². The normalized spacial score (nSPS) is 14.4. The molecule has 0 saturated carbocycles. The summed E-state index contributed by atoms with van der Waals surface area (Å²) in [5.41, 5.74) is 6.25. The van der Waals surface area contributed by atoms with Crippen molar-refractivity contribution in [1.82, 2.24) is 0 Å². The van der Waals surface area contributed by atoms with Crippen LogP contribution in [0.3, 0.4) is 0 Å². The molecule has 3 rings (SSSR count). The molecule has 0 unspecified atom stereocenters. The van der Waals surface area contributed by atoms with Gasteiger partial charge in [0.1, 0.15) is 0 Å². The molecule has 29 heavy (non-hydrogen) atoms. The SMILES string of the molecule is COc1cc(/C=C2\N=C(c3ccccc3Cl)OC2=O)cc(OC)c1OCC(N)=O. The quantitative estimate of drug-likeness (QED) is 0.548. The van der Waals surface area contributed by atoms with Gasteiger partial charge in [-0.15, -0.1) is 0 Å². The van der Waals surface area contributed by atoms with Gasteiger partial charge >= 0.3 is 5.97 Å². The number of nitrogens with zero attached hydrogens (tertiary/aromatic N) is 1. The number of amides is 1. The molecule has 0 atom stereocenters. The van der Waals surface area contributed by atoms with E-state index in [1.54, 1.807) is 36.4 Å². The van der Waals surface area contributed by atoms with E-state index in [1.165, 1.54) is 20.3 Å². The molecule has 150 valence electrons. The first-order chi connectivity index (χ1) is 13.9. The van der Waals surface area contributed by atoms with Crippen LogP contribution in [0, 0.1) is 0 Å². The highest BCUT2D eigenvalue weighted by Gasteiger charge is 2.26. The molecule has 8 nitrogen and oxygen atoms in total. The second-order valence-electron chi connectivity index (χ2n) is 5.83. The molecule has 0 bridgehead atoms. The molecule has 0 radical (unpaired) electrons. The van der Waals surface area contributed by atoms with Gasteiger partial charge in [-0.05, 0) is 35.9 Å². The molecule has 1 aliphatic rings. The first-order valence-electron chi connectivity index (χ1n) is 8.37. The molecule has 1 heterocycles. The van der Waals surface area contributed by atoms with E-state index >= 15 is 0 Å². The molecule has 0 saturated heterocycles. The highest BCUT2D eigenvalue weighted by Crippen LogP contribution is 2.39. The smallest absolute Gasteiger partial charge is 0.363 e. The van der Waals surface area contributed by atoms with Gasteiger partial charge in [-0.25, -0.2) is 9.79 Å². The van der Waals surface area contributed by atoms with Crippen LogP contribution in [-0.4, -0.2) is 38.6 Å². The zero-order chi connectivity index (χ0) is 21.0. The van der Waals surface area contributed by atoms with E-state index in [0.29, 0.717) is 27.6 Å². The molecule has 0 fully saturated rings. The topological polar surface area (TPSA) is 109 Å². The first kappa shape index (κ1) is 20.2. The second kappa shape index (κ2) is 8.66. The lowest BCUT2D eigenvalue weighted by Crippen LogP contribution is -2.20. The number of benzene rings is 2. The van der Waals surface area contributed by atoms with Crippen LogP contribution >= 0.6 is 11.6 Å². The predicted molar refractivity (Wildman–Crippen MR) is 106 cm³/mol. The third-order valence-corrected chi connectivity index (χ3v) is 4.20. The lowest BCUT2D eigenvalue weighted by Gasteiger charge is -2.14. The van der Waals surface area contributed by atoms with Crippen LogP contribution in [0.25, 0.3) is 6.08 Å². The Morgan fingerprint density at radius 3 is 2.45 bits per heavy atom. The summed E-state index contributed by atoms with van der Waals surface area (Å²) in [6, 6.07) is 10.1. The average molecular weight is 417 g/mol. The van der Waals surface area contributed by atoms with Crippen molar-refractivity contribution in [2.45, 2.75) is 0 Å². The summed E-state index contributed by atoms with van der Waals surface area (Å²) >= 11 is 6.14. The Hall–Kier alpha value is -3.52. The number of ether oxygens (including phenoxy) is 4. The number of hydrogen-bond donors (Lipinski definition) is 1. The Kier molecular flexibility index (Phi) is 6.04. The number of esters is 1. The van der Waals surface area contributed by atoms with E-state index in [4.69, 9.17) is 36.3 Å². The zero-order valence-electron chi connectivity index (χ0n) is 15.6. The third kappa shape index (κ3) is 4.49. The zero-order valence-corrected chi connectivity index (χ0v) is 16.4. The van der Waals surface area contributed by atoms with E-state index in [9.17, 15) is 9.59 Å². The van der Waals surface area contributed by atoms with Crippen molar-refractivity contribution in [1.29, 1.82) is 0 Å². The van der Waals surface area contributed by atoms with Gasteiger partial charge in [0, 0.05) is 0 Å². The number of hydrogen-bond acceptors (Lipinski definition) is 7. The summed E-state index contributed by atoms with van der Waals surface area (Å²) in [7, 11) is 2.86. The van der Waals surface area contributed by atoms with E-state index < -0.39 is 11.9 Å². The van der Waals surface area contributed by atoms with Crippen LogP contribution in [0.4, 0.5) is 0 Å². The average Bonchev–Trinajstić information content (AvgIpc) is 3.06. The maximum atomic E-state index is 12.2. The summed E-state index contributed by atoms with van der Waals surface area (Å²) in [5.74, 6) is -0.349. The number of aliphatic imine (C=N–C) groups is 1. The molecule has 2 aromatic rings. The molecule has 0 aliphatic carbocycles. The molecule has 0 aromatic heterocycles. The number of primary amides is 1. The number of halogens is 1.